The second-order valence-corrected chi connectivity index (χ2v) is 15.0. The molecule has 4 aromatic carbocycles. The molecule has 1 aromatic heterocycles. The monoisotopic (exact) mass is 734 g/mol. The summed E-state index contributed by atoms with van der Waals surface area (Å²) in [5.74, 6) is -0.0416. The molecule has 10 heteroatoms. The van der Waals surface area contributed by atoms with Crippen molar-refractivity contribution < 1.29 is 18.9 Å². The van der Waals surface area contributed by atoms with Crippen LogP contribution in [0, 0.1) is 0 Å². The highest BCUT2D eigenvalue weighted by atomic mass is 16.5. The molecule has 3 amide bonds. The van der Waals surface area contributed by atoms with Gasteiger partial charge in [-0.1, -0.05) is 96.2 Å². The summed E-state index contributed by atoms with van der Waals surface area (Å²) in [4.78, 5) is 51.4. The maximum atomic E-state index is 13.8. The lowest BCUT2D eigenvalue weighted by atomic mass is 9.95. The molecule has 2 fully saturated rings. The van der Waals surface area contributed by atoms with Crippen molar-refractivity contribution in [3.8, 4) is 11.1 Å². The summed E-state index contributed by atoms with van der Waals surface area (Å²) in [6.45, 7) is 3.28. The van der Waals surface area contributed by atoms with E-state index in [1.807, 2.05) is 116 Å². The number of fused-ring (bicyclic) bond motifs is 1. The van der Waals surface area contributed by atoms with E-state index in [4.69, 9.17) is 9.52 Å². The van der Waals surface area contributed by atoms with Gasteiger partial charge in [0.2, 0.25) is 17.7 Å². The number of likely N-dealkylation sites (N-methyl/N-ethyl adjacent to an activating group) is 1. The Bertz CT molecular complexity index is 2260. The number of amides is 3. The van der Waals surface area contributed by atoms with Crippen LogP contribution < -0.4 is 5.32 Å². The van der Waals surface area contributed by atoms with E-state index in [1.165, 1.54) is 0 Å². The van der Waals surface area contributed by atoms with Crippen LogP contribution in [0.2, 0.25) is 0 Å². The topological polar surface area (TPSA) is 111 Å². The summed E-state index contributed by atoms with van der Waals surface area (Å²) < 4.78 is 5.70. The highest BCUT2D eigenvalue weighted by Crippen LogP contribution is 2.34. The van der Waals surface area contributed by atoms with Crippen LogP contribution in [0.15, 0.2) is 119 Å². The van der Waals surface area contributed by atoms with Crippen molar-refractivity contribution in [2.45, 2.75) is 63.1 Å². The van der Waals surface area contributed by atoms with Gasteiger partial charge >= 0.3 is 0 Å². The van der Waals surface area contributed by atoms with Crippen LogP contribution in [0.4, 0.5) is 5.82 Å². The van der Waals surface area contributed by atoms with E-state index in [0.29, 0.717) is 29.8 Å². The molecule has 4 atom stereocenters. The minimum Gasteiger partial charge on any atom is -0.354 e. The van der Waals surface area contributed by atoms with Gasteiger partial charge < -0.3 is 19.6 Å². The predicted molar refractivity (Wildman–Crippen MR) is 215 cm³/mol. The molecule has 3 aliphatic rings. The summed E-state index contributed by atoms with van der Waals surface area (Å²) in [7, 11) is 3.76. The molecule has 0 aliphatic carbocycles. The molecule has 5 aromatic rings. The lowest BCUT2D eigenvalue weighted by Gasteiger charge is -2.31. The van der Waals surface area contributed by atoms with E-state index in [-0.39, 0.29) is 29.7 Å². The van der Waals surface area contributed by atoms with Crippen molar-refractivity contribution in [3.63, 3.8) is 0 Å². The van der Waals surface area contributed by atoms with Gasteiger partial charge in [-0.3, -0.25) is 24.3 Å². The molecular weight excluding hydrogens is 689 g/mol. The fourth-order valence-corrected chi connectivity index (χ4v) is 8.38. The number of carbonyl (C=O) groups is 3. The first-order chi connectivity index (χ1) is 26.8. The van der Waals surface area contributed by atoms with E-state index in [1.54, 1.807) is 4.90 Å². The summed E-state index contributed by atoms with van der Waals surface area (Å²) in [6.07, 6.45) is 5.93. The number of allylic oxidation sites excluding steroid dienone is 1. The summed E-state index contributed by atoms with van der Waals surface area (Å²) >= 11 is 0. The Kier molecular flexibility index (Phi) is 10.2. The Hall–Kier alpha value is -5.87. The molecule has 280 valence electrons. The number of benzene rings is 4. The smallest absolute Gasteiger partial charge is 0.248 e. The SMILES string of the molecule is C[C@@H](C(=O)N1CCC[C@H]1C1=NC=C(c2ccc(-c3ccc4c(NC(=O)[C@@H]5CCCN5C(=O)[C@@H](c5ccccc5)N(C)C)noc4c3)cc2)C1)c1ccccc1. The zero-order chi connectivity index (χ0) is 38.1. The first-order valence-corrected chi connectivity index (χ1v) is 19.2. The largest absolute Gasteiger partial charge is 0.354 e. The van der Waals surface area contributed by atoms with Gasteiger partial charge in [0.25, 0.3) is 0 Å². The second kappa shape index (κ2) is 15.5. The maximum Gasteiger partial charge on any atom is 0.248 e. The van der Waals surface area contributed by atoms with Crippen LogP contribution in [0.25, 0.3) is 27.7 Å². The third kappa shape index (κ3) is 7.22. The van der Waals surface area contributed by atoms with Gasteiger partial charge in [0, 0.05) is 31.4 Å². The van der Waals surface area contributed by atoms with E-state index in [2.05, 4.69) is 34.7 Å². The summed E-state index contributed by atoms with van der Waals surface area (Å²) in [5, 5.41) is 7.85. The highest BCUT2D eigenvalue weighted by molar-refractivity contribution is 6.05. The number of hydrogen-bond donors (Lipinski definition) is 1. The number of carbonyl (C=O) groups excluding carboxylic acids is 3. The van der Waals surface area contributed by atoms with Crippen molar-refractivity contribution >= 4 is 45.8 Å². The fraction of sp³-hybridized carbons (Fsp3) is 0.311. The molecule has 0 unspecified atom stereocenters. The number of nitrogens with zero attached hydrogens (tertiary/aromatic N) is 5. The Balaban J connectivity index is 0.904. The van der Waals surface area contributed by atoms with Crippen molar-refractivity contribution in [2.24, 2.45) is 4.99 Å². The molecule has 3 aliphatic heterocycles. The van der Waals surface area contributed by atoms with E-state index >= 15 is 0 Å². The Morgan fingerprint density at radius 1 is 0.782 bits per heavy atom. The molecule has 4 heterocycles. The first kappa shape index (κ1) is 36.1. The minimum atomic E-state index is -0.595. The predicted octanol–water partition coefficient (Wildman–Crippen LogP) is 7.71. The number of nitrogens with one attached hydrogen (secondary N) is 1. The molecule has 2 saturated heterocycles. The standard InChI is InChI=1S/C45H46N6O4/c1-29(30-12-6-4-7-13-30)44(53)50-24-10-16-38(50)37-26-35(28-46-37)32-20-18-31(19-21-32)34-22-23-36-40(27-34)55-48-42(36)47-43(52)39-17-11-25-51(39)45(54)41(49(2)3)33-14-8-5-9-15-33/h4-9,12-15,18-23,27-29,38-39,41H,10-11,16-17,24-26H2,1-3H3,(H,47,48,52)/t29-,38+,39+,41-/m1/s1. The van der Waals surface area contributed by atoms with Gasteiger partial charge in [0.05, 0.1) is 17.3 Å². The van der Waals surface area contributed by atoms with Crippen molar-refractivity contribution in [1.82, 2.24) is 19.9 Å². The zero-order valence-electron chi connectivity index (χ0n) is 31.5. The molecule has 0 spiro atoms. The number of aliphatic imine (C=N–C) groups is 1. The van der Waals surface area contributed by atoms with Gasteiger partial charge in [0.15, 0.2) is 11.4 Å². The van der Waals surface area contributed by atoms with Gasteiger partial charge in [-0.05, 0) is 92.2 Å². The average molecular weight is 735 g/mol. The molecule has 8 rings (SSSR count). The van der Waals surface area contributed by atoms with Crippen LogP contribution in [0.3, 0.4) is 0 Å². The van der Waals surface area contributed by atoms with Crippen molar-refractivity contribution in [1.29, 1.82) is 0 Å². The number of hydrogen-bond acceptors (Lipinski definition) is 7. The minimum absolute atomic E-state index is 0.0321. The summed E-state index contributed by atoms with van der Waals surface area (Å²) in [6, 6.07) is 32.8. The van der Waals surface area contributed by atoms with E-state index in [9.17, 15) is 14.4 Å². The third-order valence-corrected chi connectivity index (χ3v) is 11.4. The average Bonchev–Trinajstić information content (AvgIpc) is 4.05. The molecule has 0 saturated carbocycles. The van der Waals surface area contributed by atoms with Crippen LogP contribution in [-0.2, 0) is 14.4 Å². The fourth-order valence-electron chi connectivity index (χ4n) is 8.38. The summed E-state index contributed by atoms with van der Waals surface area (Å²) in [5.41, 5.74) is 7.76. The quantitative estimate of drug-likeness (QED) is 0.157. The number of likely N-dealkylation sites (tertiary alicyclic amines) is 2. The van der Waals surface area contributed by atoms with Crippen LogP contribution in [0.5, 0.6) is 0 Å². The zero-order valence-corrected chi connectivity index (χ0v) is 31.5. The van der Waals surface area contributed by atoms with Gasteiger partial charge in [-0.25, -0.2) is 0 Å². The Morgan fingerprint density at radius 2 is 1.44 bits per heavy atom. The Labute approximate surface area is 321 Å². The molecular formula is C45H46N6O4. The second-order valence-electron chi connectivity index (χ2n) is 15.0. The van der Waals surface area contributed by atoms with Crippen LogP contribution in [-0.4, -0.2) is 82.6 Å². The molecule has 0 bridgehead atoms. The van der Waals surface area contributed by atoms with Crippen LogP contribution in [0.1, 0.15) is 67.7 Å². The van der Waals surface area contributed by atoms with E-state index < -0.39 is 12.1 Å². The molecule has 10 nitrogen and oxygen atoms in total. The number of aromatic nitrogens is 1. The maximum absolute atomic E-state index is 13.8. The van der Waals surface area contributed by atoms with Gasteiger partial charge in [-0.2, -0.15) is 0 Å². The van der Waals surface area contributed by atoms with Gasteiger partial charge in [-0.15, -0.1) is 0 Å². The highest BCUT2D eigenvalue weighted by Gasteiger charge is 2.39. The lowest BCUT2D eigenvalue weighted by molar-refractivity contribution is -0.140. The lowest BCUT2D eigenvalue weighted by Crippen LogP contribution is -2.47. The Morgan fingerprint density at radius 3 is 2.16 bits per heavy atom. The van der Waals surface area contributed by atoms with E-state index in [0.717, 1.165) is 71.3 Å². The third-order valence-electron chi connectivity index (χ3n) is 11.4. The normalized spacial score (nSPS) is 19.4. The van der Waals surface area contributed by atoms with Crippen LogP contribution >= 0.6 is 0 Å². The molecule has 55 heavy (non-hydrogen) atoms. The first-order valence-electron chi connectivity index (χ1n) is 19.2. The number of rotatable bonds is 10. The molecule has 0 radical (unpaired) electrons. The van der Waals surface area contributed by atoms with Gasteiger partial charge in [0.1, 0.15) is 12.1 Å². The molecule has 1 N–H and O–H groups in total. The van der Waals surface area contributed by atoms with Crippen molar-refractivity contribution in [2.75, 3.05) is 32.5 Å². The number of anilines is 1. The van der Waals surface area contributed by atoms with Crippen molar-refractivity contribution in [3.05, 3.63) is 126 Å².